The maximum absolute atomic E-state index is 12.7. The van der Waals surface area contributed by atoms with Gasteiger partial charge in [0.05, 0.1) is 22.8 Å². The van der Waals surface area contributed by atoms with E-state index in [-0.39, 0.29) is 11.0 Å². The van der Waals surface area contributed by atoms with E-state index < -0.39 is 11.7 Å². The van der Waals surface area contributed by atoms with Gasteiger partial charge in [0.1, 0.15) is 0 Å². The highest BCUT2D eigenvalue weighted by molar-refractivity contribution is 6.28. The zero-order valence-corrected chi connectivity index (χ0v) is 10.5. The van der Waals surface area contributed by atoms with E-state index in [2.05, 4.69) is 15.1 Å². The second-order valence-electron chi connectivity index (χ2n) is 4.02. The molecule has 4 nitrogen and oxygen atoms in total. The quantitative estimate of drug-likeness (QED) is 0.646. The highest BCUT2D eigenvalue weighted by Gasteiger charge is 2.30. The van der Waals surface area contributed by atoms with Crippen LogP contribution in [0, 0.1) is 0 Å². The molecular weight excluding hydrogens is 293 g/mol. The number of aromatic nitrogens is 4. The minimum atomic E-state index is -4.41. The summed E-state index contributed by atoms with van der Waals surface area (Å²) in [4.78, 5) is 7.77. The number of benzene rings is 1. The fourth-order valence-corrected chi connectivity index (χ4v) is 1.93. The van der Waals surface area contributed by atoms with Gasteiger partial charge in [-0.3, -0.25) is 0 Å². The Morgan fingerprint density at radius 3 is 2.70 bits per heavy atom. The third-order valence-corrected chi connectivity index (χ3v) is 2.88. The van der Waals surface area contributed by atoms with Gasteiger partial charge in [-0.2, -0.15) is 23.3 Å². The molecule has 0 fully saturated rings. The highest BCUT2D eigenvalue weighted by Crippen LogP contribution is 2.30. The molecular formula is C12H6ClF3N4. The van der Waals surface area contributed by atoms with Crippen LogP contribution in [-0.4, -0.2) is 19.7 Å². The SMILES string of the molecule is FC(F)(F)c1cccc(-n2ncc3cnc(Cl)nc32)c1. The molecule has 0 aliphatic carbocycles. The van der Waals surface area contributed by atoms with Crippen molar-refractivity contribution in [2.75, 3.05) is 0 Å². The Kier molecular flexibility index (Phi) is 2.86. The Morgan fingerprint density at radius 1 is 1.15 bits per heavy atom. The van der Waals surface area contributed by atoms with E-state index in [1.807, 2.05) is 0 Å². The minimum Gasteiger partial charge on any atom is -0.226 e. The highest BCUT2D eigenvalue weighted by atomic mass is 35.5. The van der Waals surface area contributed by atoms with Crippen molar-refractivity contribution in [3.63, 3.8) is 0 Å². The molecule has 3 aromatic rings. The first kappa shape index (κ1) is 12.9. The van der Waals surface area contributed by atoms with Crippen molar-refractivity contribution in [2.24, 2.45) is 0 Å². The molecule has 0 saturated carbocycles. The molecule has 0 unspecified atom stereocenters. The number of halogens is 4. The standard InChI is InChI=1S/C12H6ClF3N4/c13-11-17-5-7-6-18-20(10(7)19-11)9-3-1-2-8(4-9)12(14,15)16/h1-6H. The van der Waals surface area contributed by atoms with E-state index >= 15 is 0 Å². The van der Waals surface area contributed by atoms with Crippen LogP contribution in [-0.2, 0) is 6.18 Å². The van der Waals surface area contributed by atoms with Gasteiger partial charge in [0, 0.05) is 6.20 Å². The molecule has 0 atom stereocenters. The van der Waals surface area contributed by atoms with Gasteiger partial charge in [0.25, 0.3) is 0 Å². The topological polar surface area (TPSA) is 43.6 Å². The zero-order chi connectivity index (χ0) is 14.3. The van der Waals surface area contributed by atoms with Crippen molar-refractivity contribution < 1.29 is 13.2 Å². The van der Waals surface area contributed by atoms with E-state index in [0.29, 0.717) is 11.0 Å². The first-order valence-corrected chi connectivity index (χ1v) is 5.87. The summed E-state index contributed by atoms with van der Waals surface area (Å²) in [5.74, 6) is 0. The molecule has 0 saturated heterocycles. The Labute approximate surface area is 115 Å². The molecule has 0 radical (unpaired) electrons. The molecule has 0 aliphatic rings. The predicted molar refractivity (Wildman–Crippen MR) is 66.7 cm³/mol. The first-order chi connectivity index (χ1) is 9.45. The van der Waals surface area contributed by atoms with E-state index in [1.165, 1.54) is 29.2 Å². The molecule has 0 aliphatic heterocycles. The summed E-state index contributed by atoms with van der Waals surface area (Å²) in [7, 11) is 0. The number of hydrogen-bond acceptors (Lipinski definition) is 3. The molecule has 0 N–H and O–H groups in total. The van der Waals surface area contributed by atoms with Crippen LogP contribution in [0.1, 0.15) is 5.56 Å². The van der Waals surface area contributed by atoms with Gasteiger partial charge >= 0.3 is 6.18 Å². The van der Waals surface area contributed by atoms with E-state index in [4.69, 9.17) is 11.6 Å². The van der Waals surface area contributed by atoms with Gasteiger partial charge in [-0.15, -0.1) is 0 Å². The first-order valence-electron chi connectivity index (χ1n) is 5.49. The van der Waals surface area contributed by atoms with Crippen LogP contribution in [0.3, 0.4) is 0 Å². The van der Waals surface area contributed by atoms with Gasteiger partial charge in [0.2, 0.25) is 5.28 Å². The van der Waals surface area contributed by atoms with Crippen LogP contribution in [0.4, 0.5) is 13.2 Å². The molecule has 1 aromatic carbocycles. The van der Waals surface area contributed by atoms with Crippen molar-refractivity contribution >= 4 is 22.6 Å². The van der Waals surface area contributed by atoms with Gasteiger partial charge < -0.3 is 0 Å². The summed E-state index contributed by atoms with van der Waals surface area (Å²) in [6, 6.07) is 4.83. The van der Waals surface area contributed by atoms with Crippen LogP contribution in [0.2, 0.25) is 5.28 Å². The summed E-state index contributed by atoms with van der Waals surface area (Å²) < 4.78 is 39.4. The fraction of sp³-hybridized carbons (Fsp3) is 0.0833. The summed E-state index contributed by atoms with van der Waals surface area (Å²) in [5, 5.41) is 4.61. The second-order valence-corrected chi connectivity index (χ2v) is 4.36. The lowest BCUT2D eigenvalue weighted by Crippen LogP contribution is -2.06. The Morgan fingerprint density at radius 2 is 1.95 bits per heavy atom. The maximum atomic E-state index is 12.7. The van der Waals surface area contributed by atoms with Crippen LogP contribution in [0.5, 0.6) is 0 Å². The smallest absolute Gasteiger partial charge is 0.226 e. The van der Waals surface area contributed by atoms with Crippen molar-refractivity contribution in [2.45, 2.75) is 6.18 Å². The third kappa shape index (κ3) is 2.20. The van der Waals surface area contributed by atoms with Crippen molar-refractivity contribution in [1.29, 1.82) is 0 Å². The van der Waals surface area contributed by atoms with Crippen molar-refractivity contribution in [1.82, 2.24) is 19.7 Å². The second kappa shape index (κ2) is 4.45. The normalized spacial score (nSPS) is 12.0. The Hall–Kier alpha value is -2.15. The third-order valence-electron chi connectivity index (χ3n) is 2.70. The van der Waals surface area contributed by atoms with E-state index in [9.17, 15) is 13.2 Å². The van der Waals surface area contributed by atoms with Crippen LogP contribution < -0.4 is 0 Å². The fourth-order valence-electron chi connectivity index (χ4n) is 1.80. The molecule has 20 heavy (non-hydrogen) atoms. The molecule has 8 heteroatoms. The van der Waals surface area contributed by atoms with Crippen LogP contribution >= 0.6 is 11.6 Å². The molecule has 3 rings (SSSR count). The summed E-state index contributed by atoms with van der Waals surface area (Å²) in [5.41, 5.74) is -0.146. The molecule has 2 heterocycles. The Balaban J connectivity index is 2.18. The van der Waals surface area contributed by atoms with E-state index in [1.54, 1.807) is 0 Å². The number of rotatable bonds is 1. The molecule has 0 bridgehead atoms. The van der Waals surface area contributed by atoms with Gasteiger partial charge in [0.15, 0.2) is 5.65 Å². The molecule has 102 valence electrons. The Bertz CT molecular complexity index is 782. The zero-order valence-electron chi connectivity index (χ0n) is 9.76. The molecule has 0 spiro atoms. The summed E-state index contributed by atoms with van der Waals surface area (Å²) in [6.45, 7) is 0. The lowest BCUT2D eigenvalue weighted by molar-refractivity contribution is -0.137. The summed E-state index contributed by atoms with van der Waals surface area (Å²) >= 11 is 5.70. The van der Waals surface area contributed by atoms with Gasteiger partial charge in [-0.1, -0.05) is 6.07 Å². The molecule has 0 amide bonds. The predicted octanol–water partition coefficient (Wildman–Crippen LogP) is 3.49. The number of nitrogens with zero attached hydrogens (tertiary/aromatic N) is 4. The lowest BCUT2D eigenvalue weighted by atomic mass is 10.2. The monoisotopic (exact) mass is 298 g/mol. The average Bonchev–Trinajstić information content (AvgIpc) is 2.81. The van der Waals surface area contributed by atoms with Crippen LogP contribution in [0.15, 0.2) is 36.7 Å². The lowest BCUT2D eigenvalue weighted by Gasteiger charge is -2.09. The summed E-state index contributed by atoms with van der Waals surface area (Å²) in [6.07, 6.45) is -1.49. The van der Waals surface area contributed by atoms with E-state index in [0.717, 1.165) is 12.1 Å². The largest absolute Gasteiger partial charge is 0.416 e. The van der Waals surface area contributed by atoms with Crippen molar-refractivity contribution in [3.05, 3.63) is 47.5 Å². The number of hydrogen-bond donors (Lipinski definition) is 0. The molecule has 2 aromatic heterocycles. The maximum Gasteiger partial charge on any atom is 0.416 e. The van der Waals surface area contributed by atoms with Crippen LogP contribution in [0.25, 0.3) is 16.7 Å². The minimum absolute atomic E-state index is 0.00576. The number of fused-ring (bicyclic) bond motifs is 1. The van der Waals surface area contributed by atoms with Gasteiger partial charge in [-0.25, -0.2) is 9.67 Å². The average molecular weight is 299 g/mol. The number of alkyl halides is 3. The van der Waals surface area contributed by atoms with Crippen molar-refractivity contribution in [3.8, 4) is 5.69 Å². The van der Waals surface area contributed by atoms with Gasteiger partial charge in [-0.05, 0) is 29.8 Å².